The number of hydrogen-bond acceptors (Lipinski definition) is 7. The van der Waals surface area contributed by atoms with E-state index in [4.69, 9.17) is 4.74 Å². The third-order valence-electron chi connectivity index (χ3n) is 5.66. The number of ether oxygens (including phenoxy) is 1. The number of nitriles is 1. The minimum Gasteiger partial charge on any atom is -0.490 e. The van der Waals surface area contributed by atoms with Gasteiger partial charge in [0.05, 0.1) is 24.3 Å². The van der Waals surface area contributed by atoms with Crippen LogP contribution in [0.25, 0.3) is 16.1 Å². The van der Waals surface area contributed by atoms with Gasteiger partial charge in [-0.2, -0.15) is 5.26 Å². The lowest BCUT2D eigenvalue weighted by atomic mass is 9.83. The Hall–Kier alpha value is -3.02. The van der Waals surface area contributed by atoms with Gasteiger partial charge in [0.15, 0.2) is 0 Å². The summed E-state index contributed by atoms with van der Waals surface area (Å²) in [6.07, 6.45) is 4.98. The Morgan fingerprint density at radius 1 is 1.38 bits per heavy atom. The molecule has 1 amide bonds. The Labute approximate surface area is 206 Å². The molecular formula is C26H33N5O2S. The topological polar surface area (TPSA) is 91.1 Å². The Morgan fingerprint density at radius 3 is 2.79 bits per heavy atom. The molecule has 1 aromatic carbocycles. The number of carbonyl (C=O) groups is 1. The summed E-state index contributed by atoms with van der Waals surface area (Å²) in [6.45, 7) is 8.34. The van der Waals surface area contributed by atoms with E-state index >= 15 is 0 Å². The van der Waals surface area contributed by atoms with Crippen molar-refractivity contribution in [3.63, 3.8) is 0 Å². The van der Waals surface area contributed by atoms with Gasteiger partial charge in [-0.25, -0.2) is 0 Å². The average Bonchev–Trinajstić information content (AvgIpc) is 3.28. The summed E-state index contributed by atoms with van der Waals surface area (Å²) in [6, 6.07) is 7.76. The number of carbonyl (C=O) groups excluding carboxylic acids is 1. The number of rotatable bonds is 7. The highest BCUT2D eigenvalue weighted by molar-refractivity contribution is 7.15. The lowest BCUT2D eigenvalue weighted by Crippen LogP contribution is -2.42. The number of nitrogens with zero attached hydrogens (tertiary/aromatic N) is 4. The zero-order chi connectivity index (χ0) is 24.8. The Bertz CT molecular complexity index is 1140. The molecule has 1 N–H and O–H groups in total. The van der Waals surface area contributed by atoms with E-state index in [1.54, 1.807) is 6.07 Å². The molecule has 0 aliphatic heterocycles. The van der Waals surface area contributed by atoms with Crippen molar-refractivity contribution in [1.82, 2.24) is 20.4 Å². The van der Waals surface area contributed by atoms with Gasteiger partial charge in [0.2, 0.25) is 5.91 Å². The first-order valence-corrected chi connectivity index (χ1v) is 12.4. The highest BCUT2D eigenvalue weighted by Gasteiger charge is 2.26. The summed E-state index contributed by atoms with van der Waals surface area (Å²) in [5.41, 5.74) is 4.80. The number of aromatic nitrogens is 2. The molecule has 1 fully saturated rings. The summed E-state index contributed by atoms with van der Waals surface area (Å²) >= 11 is 1.51. The van der Waals surface area contributed by atoms with Crippen LogP contribution < -0.4 is 10.1 Å². The maximum Gasteiger partial charge on any atom is 0.234 e. The zero-order valence-electron chi connectivity index (χ0n) is 20.8. The quantitative estimate of drug-likeness (QED) is 0.613. The molecule has 7 nitrogen and oxygen atoms in total. The predicted octanol–water partition coefficient (Wildman–Crippen LogP) is 4.81. The van der Waals surface area contributed by atoms with Crippen molar-refractivity contribution >= 4 is 22.8 Å². The lowest BCUT2D eigenvalue weighted by Gasteiger charge is -2.30. The normalized spacial score (nSPS) is 18.8. The van der Waals surface area contributed by atoms with E-state index in [0.717, 1.165) is 46.0 Å². The van der Waals surface area contributed by atoms with E-state index in [2.05, 4.69) is 34.6 Å². The highest BCUT2D eigenvalue weighted by Crippen LogP contribution is 2.37. The predicted molar refractivity (Wildman–Crippen MR) is 137 cm³/mol. The van der Waals surface area contributed by atoms with Gasteiger partial charge in [0, 0.05) is 5.56 Å². The van der Waals surface area contributed by atoms with E-state index in [1.165, 1.54) is 16.9 Å². The molecule has 0 spiro atoms. The maximum atomic E-state index is 12.4. The van der Waals surface area contributed by atoms with Crippen LogP contribution in [0.1, 0.15) is 57.5 Å². The monoisotopic (exact) mass is 479 g/mol. The lowest BCUT2D eigenvalue weighted by molar-refractivity contribution is -0.122. The van der Waals surface area contributed by atoms with Gasteiger partial charge < -0.3 is 15.0 Å². The third kappa shape index (κ3) is 6.10. The van der Waals surface area contributed by atoms with E-state index in [0.29, 0.717) is 17.9 Å². The van der Waals surface area contributed by atoms with Crippen molar-refractivity contribution in [3.8, 4) is 22.4 Å². The van der Waals surface area contributed by atoms with Gasteiger partial charge in [0.1, 0.15) is 21.8 Å². The van der Waals surface area contributed by atoms with Crippen LogP contribution in [-0.2, 0) is 4.79 Å². The highest BCUT2D eigenvalue weighted by atomic mass is 32.1. The Balaban J connectivity index is 1.87. The minimum atomic E-state index is -0.00634. The van der Waals surface area contributed by atoms with Crippen LogP contribution in [0.4, 0.5) is 0 Å². The van der Waals surface area contributed by atoms with Gasteiger partial charge in [-0.05, 0) is 96.0 Å². The number of hydrogen-bond donors (Lipinski definition) is 1. The van der Waals surface area contributed by atoms with Crippen molar-refractivity contribution in [2.75, 3.05) is 20.6 Å². The maximum absolute atomic E-state index is 12.4. The van der Waals surface area contributed by atoms with E-state index in [1.807, 2.05) is 51.9 Å². The van der Waals surface area contributed by atoms with Crippen LogP contribution in [0.5, 0.6) is 5.75 Å². The van der Waals surface area contributed by atoms with Crippen molar-refractivity contribution in [2.24, 2.45) is 0 Å². The second-order valence-electron chi connectivity index (χ2n) is 9.00. The fourth-order valence-electron chi connectivity index (χ4n) is 4.18. The zero-order valence-corrected chi connectivity index (χ0v) is 21.6. The van der Waals surface area contributed by atoms with Crippen LogP contribution in [-0.4, -0.2) is 53.8 Å². The molecule has 3 rings (SSSR count). The number of allylic oxidation sites excluding steroid dienone is 2. The van der Waals surface area contributed by atoms with Crippen LogP contribution >= 0.6 is 11.3 Å². The molecule has 0 bridgehead atoms. The van der Waals surface area contributed by atoms with Crippen LogP contribution in [0.2, 0.25) is 0 Å². The molecule has 1 heterocycles. The molecule has 1 unspecified atom stereocenters. The van der Waals surface area contributed by atoms with Gasteiger partial charge in [0.25, 0.3) is 0 Å². The molecule has 1 saturated carbocycles. The van der Waals surface area contributed by atoms with E-state index in [-0.39, 0.29) is 18.1 Å². The summed E-state index contributed by atoms with van der Waals surface area (Å²) in [7, 11) is 3.79. The first-order chi connectivity index (χ1) is 16.2. The third-order valence-corrected chi connectivity index (χ3v) is 6.75. The van der Waals surface area contributed by atoms with Crippen LogP contribution in [0.15, 0.2) is 35.4 Å². The summed E-state index contributed by atoms with van der Waals surface area (Å²) in [5.74, 6) is 0.608. The van der Waals surface area contributed by atoms with Crippen LogP contribution in [0.3, 0.4) is 0 Å². The Kier molecular flexibility index (Phi) is 8.59. The summed E-state index contributed by atoms with van der Waals surface area (Å²) < 4.78 is 5.73. The second-order valence-corrected chi connectivity index (χ2v) is 9.98. The largest absolute Gasteiger partial charge is 0.490 e. The summed E-state index contributed by atoms with van der Waals surface area (Å²) in [4.78, 5) is 14.2. The van der Waals surface area contributed by atoms with E-state index < -0.39 is 0 Å². The molecule has 1 atom stereocenters. The second kappa shape index (κ2) is 11.4. The number of benzene rings is 1. The van der Waals surface area contributed by atoms with Gasteiger partial charge in [-0.15, -0.1) is 10.2 Å². The average molecular weight is 480 g/mol. The van der Waals surface area contributed by atoms with Gasteiger partial charge >= 0.3 is 0 Å². The first-order valence-electron chi connectivity index (χ1n) is 11.6. The molecule has 8 heteroatoms. The molecule has 2 aromatic rings. The smallest absolute Gasteiger partial charge is 0.234 e. The van der Waals surface area contributed by atoms with Crippen molar-refractivity contribution in [3.05, 3.63) is 46.0 Å². The molecule has 1 aromatic heterocycles. The fraction of sp³-hybridized carbons (Fsp3) is 0.462. The van der Waals surface area contributed by atoms with E-state index in [9.17, 15) is 10.1 Å². The number of likely N-dealkylation sites (N-methyl/N-ethyl adjacent to an activating group) is 1. The van der Waals surface area contributed by atoms with Crippen molar-refractivity contribution < 1.29 is 9.53 Å². The molecule has 1 aliphatic carbocycles. The molecule has 0 radical (unpaired) electrons. The molecule has 0 saturated heterocycles. The molecule has 34 heavy (non-hydrogen) atoms. The number of nitrogens with one attached hydrogen (secondary N) is 1. The molecular weight excluding hydrogens is 446 g/mol. The summed E-state index contributed by atoms with van der Waals surface area (Å²) in [5, 5.41) is 23.2. The van der Waals surface area contributed by atoms with Crippen LogP contribution in [0, 0.1) is 11.3 Å². The SMILES string of the molecule is CC=C1C(=C(C)c2nnc(-c3ccc(OC(C)C)c(C#N)c3)s2)CCCC1NC(=O)CN(C)C. The van der Waals surface area contributed by atoms with Gasteiger partial charge in [-0.3, -0.25) is 4.79 Å². The first kappa shape index (κ1) is 25.6. The fourth-order valence-corrected chi connectivity index (χ4v) is 5.04. The Morgan fingerprint density at radius 2 is 2.15 bits per heavy atom. The van der Waals surface area contributed by atoms with Gasteiger partial charge in [-0.1, -0.05) is 17.4 Å². The van der Waals surface area contributed by atoms with Crippen molar-refractivity contribution in [1.29, 1.82) is 5.26 Å². The van der Waals surface area contributed by atoms with Crippen molar-refractivity contribution in [2.45, 2.75) is 59.1 Å². The molecule has 1 aliphatic rings. The minimum absolute atomic E-state index is 0.00634. The standard InChI is InChI=1S/C26H33N5O2S/c1-7-20-21(9-8-10-22(20)28-24(32)15-31(5)6)17(4)25-29-30-26(34-25)18-11-12-23(33-16(2)3)19(13-18)14-27/h7,11-13,16,22H,8-10,15H2,1-6H3,(H,28,32). The number of amides is 1. The molecule has 180 valence electrons.